The van der Waals surface area contributed by atoms with Crippen LogP contribution >= 0.6 is 0 Å². The molecule has 0 bridgehead atoms. The molecule has 2 heterocycles. The second kappa shape index (κ2) is 6.16. The number of rotatable bonds is 6. The first-order valence-electron chi connectivity index (χ1n) is 6.45. The number of nitrogens with zero attached hydrogens (tertiary/aromatic N) is 4. The van der Waals surface area contributed by atoms with Crippen LogP contribution in [0, 0.1) is 17.0 Å². The first kappa shape index (κ1) is 14.7. The minimum absolute atomic E-state index is 0.120. The Morgan fingerprint density at radius 3 is 2.76 bits per heavy atom. The van der Waals surface area contributed by atoms with Gasteiger partial charge >= 0.3 is 5.69 Å². The lowest BCUT2D eigenvalue weighted by Gasteiger charge is -2.12. The molecule has 0 saturated heterocycles. The van der Waals surface area contributed by atoms with Crippen LogP contribution in [0.4, 0.5) is 17.5 Å². The van der Waals surface area contributed by atoms with Crippen LogP contribution in [0.25, 0.3) is 0 Å². The summed E-state index contributed by atoms with van der Waals surface area (Å²) in [6.45, 7) is 6.06. The van der Waals surface area contributed by atoms with Crippen molar-refractivity contribution >= 4 is 17.5 Å². The van der Waals surface area contributed by atoms with E-state index >= 15 is 0 Å². The molecule has 2 aromatic heterocycles. The van der Waals surface area contributed by atoms with Gasteiger partial charge in [0.1, 0.15) is 18.0 Å². The number of oxazole rings is 1. The van der Waals surface area contributed by atoms with Crippen LogP contribution in [-0.4, -0.2) is 26.4 Å². The molecule has 0 aromatic carbocycles. The normalized spacial score (nSPS) is 12.0. The first-order chi connectivity index (χ1) is 10.0. The Bertz CT molecular complexity index is 642. The van der Waals surface area contributed by atoms with Gasteiger partial charge in [0.25, 0.3) is 0 Å². The predicted molar refractivity (Wildman–Crippen MR) is 76.1 cm³/mol. The van der Waals surface area contributed by atoms with Gasteiger partial charge in [0, 0.05) is 6.54 Å². The number of hydrogen-bond acceptors (Lipinski definition) is 8. The molecule has 2 N–H and O–H groups in total. The molecule has 9 heteroatoms. The Morgan fingerprint density at radius 2 is 2.19 bits per heavy atom. The van der Waals surface area contributed by atoms with Gasteiger partial charge < -0.3 is 15.1 Å². The second-order valence-electron chi connectivity index (χ2n) is 4.39. The third kappa shape index (κ3) is 3.44. The molecule has 0 amide bonds. The van der Waals surface area contributed by atoms with E-state index in [-0.39, 0.29) is 17.5 Å². The van der Waals surface area contributed by atoms with Crippen LogP contribution in [0.15, 0.2) is 16.8 Å². The van der Waals surface area contributed by atoms with E-state index in [1.807, 2.05) is 6.92 Å². The summed E-state index contributed by atoms with van der Waals surface area (Å²) in [5.74, 6) is 1.55. The maximum absolute atomic E-state index is 11.0. The van der Waals surface area contributed by atoms with Crippen LogP contribution in [0.5, 0.6) is 0 Å². The average Bonchev–Trinajstić information content (AvgIpc) is 2.86. The lowest BCUT2D eigenvalue weighted by molar-refractivity contribution is -0.384. The number of aromatic nitrogens is 3. The summed E-state index contributed by atoms with van der Waals surface area (Å²) in [6, 6.07) is -0.359. The largest absolute Gasteiger partial charge is 0.444 e. The Hall–Kier alpha value is -2.71. The minimum atomic E-state index is -0.536. The molecule has 0 radical (unpaired) electrons. The van der Waals surface area contributed by atoms with Crippen LogP contribution in [0.3, 0.4) is 0 Å². The molecule has 2 aromatic rings. The Labute approximate surface area is 121 Å². The van der Waals surface area contributed by atoms with Crippen LogP contribution in [0.1, 0.15) is 31.5 Å². The Morgan fingerprint density at radius 1 is 1.43 bits per heavy atom. The van der Waals surface area contributed by atoms with Gasteiger partial charge in [0.15, 0.2) is 0 Å². The van der Waals surface area contributed by atoms with Crippen molar-refractivity contribution in [3.8, 4) is 0 Å². The maximum atomic E-state index is 11.0. The van der Waals surface area contributed by atoms with Crippen LogP contribution in [-0.2, 0) is 0 Å². The van der Waals surface area contributed by atoms with Gasteiger partial charge in [0.2, 0.25) is 17.7 Å². The summed E-state index contributed by atoms with van der Waals surface area (Å²) in [5, 5.41) is 16.9. The average molecular weight is 292 g/mol. The third-order valence-corrected chi connectivity index (χ3v) is 2.66. The lowest BCUT2D eigenvalue weighted by atomic mass is 10.3. The highest BCUT2D eigenvalue weighted by Gasteiger charge is 2.21. The van der Waals surface area contributed by atoms with E-state index in [2.05, 4.69) is 25.6 Å². The molecule has 1 unspecified atom stereocenters. The van der Waals surface area contributed by atoms with Crippen molar-refractivity contribution in [3.63, 3.8) is 0 Å². The maximum Gasteiger partial charge on any atom is 0.329 e. The van der Waals surface area contributed by atoms with E-state index in [4.69, 9.17) is 4.42 Å². The van der Waals surface area contributed by atoms with E-state index in [1.54, 1.807) is 20.0 Å². The molecule has 0 aliphatic rings. The summed E-state index contributed by atoms with van der Waals surface area (Å²) in [7, 11) is 0. The molecular formula is C12H16N6O3. The molecule has 112 valence electrons. The van der Waals surface area contributed by atoms with Gasteiger partial charge in [-0.3, -0.25) is 10.1 Å². The highest BCUT2D eigenvalue weighted by molar-refractivity contribution is 5.57. The van der Waals surface area contributed by atoms with E-state index in [1.165, 1.54) is 6.20 Å². The lowest BCUT2D eigenvalue weighted by Crippen LogP contribution is -2.12. The zero-order valence-electron chi connectivity index (χ0n) is 12.0. The number of aryl methyl sites for hydroxylation is 1. The quantitative estimate of drug-likeness (QED) is 0.614. The fourth-order valence-corrected chi connectivity index (χ4v) is 1.70. The Kier molecular flexibility index (Phi) is 4.31. The molecule has 0 saturated carbocycles. The van der Waals surface area contributed by atoms with Crippen molar-refractivity contribution in [1.82, 2.24) is 15.0 Å². The van der Waals surface area contributed by atoms with Gasteiger partial charge in [-0.1, -0.05) is 0 Å². The van der Waals surface area contributed by atoms with E-state index in [0.717, 1.165) is 0 Å². The number of hydrogen-bond donors (Lipinski definition) is 2. The molecule has 0 fully saturated rings. The SMILES string of the molecule is CCNc1ncc([N+](=O)[O-])c(NC(C)c2ncc(C)o2)n1. The Balaban J connectivity index is 2.27. The molecule has 0 aliphatic carbocycles. The smallest absolute Gasteiger partial charge is 0.329 e. The fraction of sp³-hybridized carbons (Fsp3) is 0.417. The molecule has 21 heavy (non-hydrogen) atoms. The first-order valence-corrected chi connectivity index (χ1v) is 6.45. The second-order valence-corrected chi connectivity index (χ2v) is 4.39. The van der Waals surface area contributed by atoms with Gasteiger partial charge in [-0.15, -0.1) is 0 Å². The van der Waals surface area contributed by atoms with E-state index in [9.17, 15) is 10.1 Å². The van der Waals surface area contributed by atoms with Crippen LogP contribution < -0.4 is 10.6 Å². The summed E-state index contributed by atoms with van der Waals surface area (Å²) in [6.07, 6.45) is 2.76. The van der Waals surface area contributed by atoms with Crippen molar-refractivity contribution in [3.05, 3.63) is 34.2 Å². The van der Waals surface area contributed by atoms with E-state index in [0.29, 0.717) is 24.1 Å². The van der Waals surface area contributed by atoms with Crippen molar-refractivity contribution in [2.24, 2.45) is 0 Å². The summed E-state index contributed by atoms with van der Waals surface area (Å²) in [5.41, 5.74) is -0.202. The topological polar surface area (TPSA) is 119 Å². The van der Waals surface area contributed by atoms with Crippen LogP contribution in [0.2, 0.25) is 0 Å². The summed E-state index contributed by atoms with van der Waals surface area (Å²) >= 11 is 0. The van der Waals surface area contributed by atoms with Crippen molar-refractivity contribution < 1.29 is 9.34 Å². The number of anilines is 2. The molecule has 9 nitrogen and oxygen atoms in total. The summed E-state index contributed by atoms with van der Waals surface area (Å²) in [4.78, 5) is 22.6. The third-order valence-electron chi connectivity index (χ3n) is 2.66. The molecule has 1 atom stereocenters. The van der Waals surface area contributed by atoms with E-state index < -0.39 is 4.92 Å². The summed E-state index contributed by atoms with van der Waals surface area (Å²) < 4.78 is 5.39. The monoisotopic (exact) mass is 292 g/mol. The molecule has 0 spiro atoms. The van der Waals surface area contributed by atoms with Crippen molar-refractivity contribution in [1.29, 1.82) is 0 Å². The zero-order valence-corrected chi connectivity index (χ0v) is 12.0. The zero-order chi connectivity index (χ0) is 15.4. The standard InChI is InChI=1S/C12H16N6O3/c1-4-13-12-15-6-9(18(19)20)10(17-12)16-8(3)11-14-5-7(2)21-11/h5-6,8H,4H2,1-3H3,(H2,13,15,16,17). The number of nitrogens with one attached hydrogen (secondary N) is 2. The highest BCUT2D eigenvalue weighted by Crippen LogP contribution is 2.26. The van der Waals surface area contributed by atoms with Gasteiger partial charge in [-0.2, -0.15) is 4.98 Å². The fourth-order valence-electron chi connectivity index (χ4n) is 1.70. The number of nitro groups is 1. The molecule has 0 aliphatic heterocycles. The minimum Gasteiger partial charge on any atom is -0.444 e. The molecular weight excluding hydrogens is 276 g/mol. The van der Waals surface area contributed by atoms with Gasteiger partial charge in [0.05, 0.1) is 11.1 Å². The predicted octanol–water partition coefficient (Wildman–Crippen LogP) is 2.29. The van der Waals surface area contributed by atoms with Crippen molar-refractivity contribution in [2.75, 3.05) is 17.2 Å². The molecule has 2 rings (SSSR count). The van der Waals surface area contributed by atoms with Gasteiger partial charge in [-0.25, -0.2) is 9.97 Å². The van der Waals surface area contributed by atoms with Gasteiger partial charge in [-0.05, 0) is 20.8 Å². The van der Waals surface area contributed by atoms with Crippen molar-refractivity contribution in [2.45, 2.75) is 26.8 Å². The highest BCUT2D eigenvalue weighted by atomic mass is 16.6.